The molecule has 0 unspecified atom stereocenters. The molecule has 0 aromatic heterocycles. The van der Waals surface area contributed by atoms with Crippen LogP contribution in [0.4, 0.5) is 11.4 Å². The first-order valence-corrected chi connectivity index (χ1v) is 8.94. The Bertz CT molecular complexity index is 891. The fourth-order valence-electron chi connectivity index (χ4n) is 3.97. The zero-order chi connectivity index (χ0) is 18.3. The van der Waals surface area contributed by atoms with E-state index < -0.39 is 10.6 Å². The molecule has 0 amide bonds. The predicted octanol–water partition coefficient (Wildman–Crippen LogP) is 3.16. The lowest BCUT2D eigenvalue weighted by Gasteiger charge is -2.24. The minimum atomic E-state index is -1.26. The first-order valence-electron chi connectivity index (χ1n) is 8.94. The van der Waals surface area contributed by atoms with Crippen molar-refractivity contribution in [3.05, 3.63) is 69.8 Å². The van der Waals surface area contributed by atoms with Crippen molar-refractivity contribution in [3.8, 4) is 0 Å². The average Bonchev–Trinajstić information content (AvgIpc) is 2.97. The van der Waals surface area contributed by atoms with Gasteiger partial charge in [0.05, 0.1) is 11.5 Å². The molecule has 2 aromatic carbocycles. The molecule has 0 radical (unpaired) electrons. The fourth-order valence-corrected chi connectivity index (χ4v) is 3.97. The number of nitro benzene ring substituents is 1. The normalized spacial score (nSPS) is 22.5. The Balaban J connectivity index is 1.80. The second kappa shape index (κ2) is 6.21. The Morgan fingerprint density at radius 2 is 1.96 bits per heavy atom. The maximum absolute atomic E-state index is 11.6. The van der Waals surface area contributed by atoms with Gasteiger partial charge >= 0.3 is 0 Å². The summed E-state index contributed by atoms with van der Waals surface area (Å²) >= 11 is 0. The van der Waals surface area contributed by atoms with E-state index in [1.54, 1.807) is 12.1 Å². The molecule has 2 aliphatic heterocycles. The second-order valence-corrected chi connectivity index (χ2v) is 7.07. The highest BCUT2D eigenvalue weighted by Gasteiger charge is 2.52. The Morgan fingerprint density at radius 1 is 1.19 bits per heavy atom. The van der Waals surface area contributed by atoms with E-state index in [0.29, 0.717) is 12.1 Å². The van der Waals surface area contributed by atoms with Crippen LogP contribution in [-0.2, 0) is 5.72 Å². The van der Waals surface area contributed by atoms with Gasteiger partial charge in [-0.05, 0) is 31.9 Å². The number of rotatable bonds is 3. The first kappa shape index (κ1) is 16.7. The van der Waals surface area contributed by atoms with E-state index in [0.717, 1.165) is 37.3 Å². The van der Waals surface area contributed by atoms with Crippen molar-refractivity contribution in [1.29, 1.82) is 0 Å². The second-order valence-electron chi connectivity index (χ2n) is 7.07. The molecular weight excluding hydrogens is 330 g/mol. The molecule has 4 rings (SSSR count). The van der Waals surface area contributed by atoms with Crippen LogP contribution in [0.2, 0.25) is 0 Å². The lowest BCUT2D eigenvalue weighted by molar-refractivity contribution is -0.661. The molecule has 2 aromatic rings. The van der Waals surface area contributed by atoms with Crippen molar-refractivity contribution < 1.29 is 14.6 Å². The van der Waals surface area contributed by atoms with Gasteiger partial charge in [-0.1, -0.05) is 29.8 Å². The highest BCUT2D eigenvalue weighted by Crippen LogP contribution is 2.36. The number of amidine groups is 1. The van der Waals surface area contributed by atoms with Crippen LogP contribution in [0, 0.1) is 17.0 Å². The monoisotopic (exact) mass is 352 g/mol. The highest BCUT2D eigenvalue weighted by molar-refractivity contribution is 5.96. The van der Waals surface area contributed by atoms with Crippen LogP contribution in [-0.4, -0.2) is 33.5 Å². The summed E-state index contributed by atoms with van der Waals surface area (Å²) < 4.78 is 2.02. The molecule has 6 nitrogen and oxygen atoms in total. The summed E-state index contributed by atoms with van der Waals surface area (Å²) in [6, 6.07) is 14.6. The molecule has 0 bridgehead atoms. The van der Waals surface area contributed by atoms with E-state index in [-0.39, 0.29) is 5.69 Å². The number of non-ortho nitro benzene ring substituents is 1. The van der Waals surface area contributed by atoms with Crippen LogP contribution >= 0.6 is 0 Å². The van der Waals surface area contributed by atoms with E-state index >= 15 is 0 Å². The highest BCUT2D eigenvalue weighted by atomic mass is 16.6. The van der Waals surface area contributed by atoms with Crippen molar-refractivity contribution in [2.45, 2.75) is 31.9 Å². The minimum absolute atomic E-state index is 0.00303. The first-order chi connectivity index (χ1) is 12.5. The Kier molecular flexibility index (Phi) is 4.00. The molecule has 0 spiro atoms. The number of β-amino-alcohol motifs (C(OH)–C–C–N with tert-alkyl or cyclic N) is 1. The third-order valence-electron chi connectivity index (χ3n) is 5.35. The third-order valence-corrected chi connectivity index (χ3v) is 5.35. The molecule has 2 aliphatic rings. The molecule has 6 heteroatoms. The number of nitro groups is 1. The number of aliphatic hydroxyl groups is 1. The molecular formula is C20H22N3O3+. The molecule has 2 heterocycles. The van der Waals surface area contributed by atoms with Gasteiger partial charge in [-0.25, -0.2) is 9.48 Å². The van der Waals surface area contributed by atoms with Gasteiger partial charge in [0.1, 0.15) is 5.69 Å². The molecule has 1 atom stereocenters. The largest absolute Gasteiger partial charge is 0.346 e. The smallest absolute Gasteiger partial charge is 0.271 e. The summed E-state index contributed by atoms with van der Waals surface area (Å²) in [6.07, 6.45) is 2.98. The van der Waals surface area contributed by atoms with Gasteiger partial charge in [-0.15, -0.1) is 0 Å². The molecule has 1 N–H and O–H groups in total. The van der Waals surface area contributed by atoms with Crippen molar-refractivity contribution in [2.75, 3.05) is 18.0 Å². The third kappa shape index (κ3) is 2.66. The van der Waals surface area contributed by atoms with Crippen LogP contribution in [0.1, 0.15) is 30.4 Å². The zero-order valence-corrected chi connectivity index (χ0v) is 14.8. The number of nitrogens with zero attached hydrogens (tertiary/aromatic N) is 3. The number of aryl methyl sites for hydroxylation is 1. The van der Waals surface area contributed by atoms with Crippen LogP contribution in [0.25, 0.3) is 0 Å². The number of hydrogen-bond donors (Lipinski definition) is 1. The number of hydrogen-bond acceptors (Lipinski definition) is 4. The molecule has 0 saturated heterocycles. The predicted molar refractivity (Wildman–Crippen MR) is 99.5 cm³/mol. The van der Waals surface area contributed by atoms with Gasteiger partial charge in [-0.3, -0.25) is 10.1 Å². The van der Waals surface area contributed by atoms with Crippen molar-refractivity contribution in [1.82, 2.24) is 0 Å². The molecule has 0 fully saturated rings. The lowest BCUT2D eigenvalue weighted by Crippen LogP contribution is -2.41. The van der Waals surface area contributed by atoms with Crippen LogP contribution in [0.5, 0.6) is 0 Å². The SMILES string of the molecule is Cc1ccc(N2C[C@](O)(c3cccc([N+](=O)[O-])c3)[N+]3=C2CCCC3)cc1. The van der Waals surface area contributed by atoms with Crippen molar-refractivity contribution >= 4 is 17.2 Å². The van der Waals surface area contributed by atoms with Gasteiger partial charge in [0, 0.05) is 24.1 Å². The molecule has 0 saturated carbocycles. The Hall–Kier alpha value is -2.73. The van der Waals surface area contributed by atoms with Crippen LogP contribution in [0.15, 0.2) is 48.5 Å². The van der Waals surface area contributed by atoms with E-state index in [1.165, 1.54) is 17.7 Å². The molecule has 26 heavy (non-hydrogen) atoms. The molecule has 0 aliphatic carbocycles. The zero-order valence-electron chi connectivity index (χ0n) is 14.8. The van der Waals surface area contributed by atoms with Gasteiger partial charge in [-0.2, -0.15) is 0 Å². The number of anilines is 1. The maximum atomic E-state index is 11.6. The van der Waals surface area contributed by atoms with E-state index in [9.17, 15) is 15.2 Å². The topological polar surface area (TPSA) is 69.6 Å². The Labute approximate surface area is 152 Å². The van der Waals surface area contributed by atoms with Gasteiger partial charge < -0.3 is 5.11 Å². The van der Waals surface area contributed by atoms with Gasteiger partial charge in [0.15, 0.2) is 6.54 Å². The summed E-state index contributed by atoms with van der Waals surface area (Å²) in [6.45, 7) is 3.16. The minimum Gasteiger partial charge on any atom is -0.346 e. The summed E-state index contributed by atoms with van der Waals surface area (Å²) in [5.41, 5.74) is 1.54. The van der Waals surface area contributed by atoms with E-state index in [4.69, 9.17) is 0 Å². The Morgan fingerprint density at radius 3 is 2.69 bits per heavy atom. The summed E-state index contributed by atoms with van der Waals surface area (Å²) in [7, 11) is 0. The fraction of sp³-hybridized carbons (Fsp3) is 0.350. The molecule has 134 valence electrons. The van der Waals surface area contributed by atoms with E-state index in [2.05, 4.69) is 29.2 Å². The summed E-state index contributed by atoms with van der Waals surface area (Å²) in [5, 5.41) is 22.8. The quantitative estimate of drug-likeness (QED) is 0.523. The summed E-state index contributed by atoms with van der Waals surface area (Å²) in [4.78, 5) is 12.9. The van der Waals surface area contributed by atoms with Crippen molar-refractivity contribution in [3.63, 3.8) is 0 Å². The maximum Gasteiger partial charge on any atom is 0.271 e. The van der Waals surface area contributed by atoms with E-state index in [1.807, 2.05) is 11.5 Å². The standard InChI is InChI=1S/C20H22N3O3/c1-15-8-10-17(11-9-15)21-14-20(24,22-12-3-2-7-19(21)22)16-5-4-6-18(13-16)23(25)26/h4-6,8-11,13,24H,2-3,7,12,14H2,1H3/q+1/t20-/m0/s1. The van der Waals surface area contributed by atoms with Gasteiger partial charge in [0.25, 0.3) is 17.2 Å². The number of benzene rings is 2. The van der Waals surface area contributed by atoms with Crippen molar-refractivity contribution in [2.24, 2.45) is 0 Å². The average molecular weight is 352 g/mol. The van der Waals surface area contributed by atoms with Gasteiger partial charge in [0.2, 0.25) is 0 Å². The summed E-state index contributed by atoms with van der Waals surface area (Å²) in [5.74, 6) is 1.09. The van der Waals surface area contributed by atoms with Crippen LogP contribution < -0.4 is 4.90 Å². The lowest BCUT2D eigenvalue weighted by atomic mass is 10.0. The van der Waals surface area contributed by atoms with Crippen LogP contribution in [0.3, 0.4) is 0 Å².